The van der Waals surface area contributed by atoms with Crippen molar-refractivity contribution in [3.8, 4) is 11.4 Å². The summed E-state index contributed by atoms with van der Waals surface area (Å²) in [5, 5.41) is 6.95. The normalized spacial score (nSPS) is 12.4. The third-order valence-corrected chi connectivity index (χ3v) is 5.72. The fraction of sp³-hybridized carbons (Fsp3) is 0.250. The fourth-order valence-corrected chi connectivity index (χ4v) is 4.37. The number of nitrogens with one attached hydrogen (secondary N) is 1. The van der Waals surface area contributed by atoms with Crippen LogP contribution < -0.4 is 9.62 Å². The highest BCUT2D eigenvalue weighted by atomic mass is 35.5. The van der Waals surface area contributed by atoms with Gasteiger partial charge in [-0.2, -0.15) is 4.98 Å². The molecule has 30 heavy (non-hydrogen) atoms. The van der Waals surface area contributed by atoms with E-state index in [1.54, 1.807) is 25.1 Å². The number of aromatic nitrogens is 2. The minimum absolute atomic E-state index is 0.0255. The van der Waals surface area contributed by atoms with Crippen molar-refractivity contribution in [2.24, 2.45) is 0 Å². The lowest BCUT2D eigenvalue weighted by molar-refractivity contribution is -0.122. The molecule has 0 bridgehead atoms. The molecule has 0 radical (unpaired) electrons. The van der Waals surface area contributed by atoms with Gasteiger partial charge in [-0.1, -0.05) is 60.1 Å². The zero-order valence-electron chi connectivity index (χ0n) is 16.4. The van der Waals surface area contributed by atoms with Gasteiger partial charge in [0.25, 0.3) is 0 Å². The summed E-state index contributed by atoms with van der Waals surface area (Å²) in [7, 11) is -3.74. The smallest absolute Gasteiger partial charge is 0.246 e. The van der Waals surface area contributed by atoms with Gasteiger partial charge in [0.2, 0.25) is 27.6 Å². The Bertz CT molecular complexity index is 1120. The highest BCUT2D eigenvalue weighted by Crippen LogP contribution is 2.25. The first-order chi connectivity index (χ1) is 14.3. The van der Waals surface area contributed by atoms with Crippen molar-refractivity contribution in [1.29, 1.82) is 0 Å². The number of anilines is 1. The Labute approximate surface area is 179 Å². The topological polar surface area (TPSA) is 105 Å². The molecule has 158 valence electrons. The maximum atomic E-state index is 12.8. The quantitative estimate of drug-likeness (QED) is 0.567. The lowest BCUT2D eigenvalue weighted by Crippen LogP contribution is -2.49. The number of rotatable bonds is 8. The van der Waals surface area contributed by atoms with E-state index in [2.05, 4.69) is 15.5 Å². The van der Waals surface area contributed by atoms with Crippen molar-refractivity contribution in [3.63, 3.8) is 0 Å². The average molecular weight is 449 g/mol. The first-order valence-electron chi connectivity index (χ1n) is 9.20. The molecule has 3 rings (SSSR count). The molecular weight excluding hydrogens is 428 g/mol. The summed E-state index contributed by atoms with van der Waals surface area (Å²) in [6, 6.07) is 14.7. The predicted octanol–water partition coefficient (Wildman–Crippen LogP) is 3.25. The number of hydrogen-bond donors (Lipinski definition) is 1. The van der Waals surface area contributed by atoms with Crippen molar-refractivity contribution in [1.82, 2.24) is 15.5 Å². The second-order valence-electron chi connectivity index (χ2n) is 6.56. The van der Waals surface area contributed by atoms with Crippen molar-refractivity contribution in [2.45, 2.75) is 25.9 Å². The monoisotopic (exact) mass is 448 g/mol. The van der Waals surface area contributed by atoms with E-state index >= 15 is 0 Å². The zero-order valence-corrected chi connectivity index (χ0v) is 18.0. The van der Waals surface area contributed by atoms with Gasteiger partial charge in [-0.3, -0.25) is 9.10 Å². The van der Waals surface area contributed by atoms with Gasteiger partial charge in [0.15, 0.2) is 0 Å². The van der Waals surface area contributed by atoms with Crippen LogP contribution in [0, 0.1) is 0 Å². The van der Waals surface area contributed by atoms with E-state index in [1.807, 2.05) is 30.3 Å². The summed E-state index contributed by atoms with van der Waals surface area (Å²) in [6.45, 7) is 1.70. The van der Waals surface area contributed by atoms with Crippen LogP contribution in [0.3, 0.4) is 0 Å². The number of halogens is 1. The van der Waals surface area contributed by atoms with Gasteiger partial charge in [0.05, 0.1) is 18.5 Å². The summed E-state index contributed by atoms with van der Waals surface area (Å²) >= 11 is 6.01. The second kappa shape index (κ2) is 9.27. The maximum Gasteiger partial charge on any atom is 0.246 e. The minimum Gasteiger partial charge on any atom is -0.345 e. The summed E-state index contributed by atoms with van der Waals surface area (Å²) < 4.78 is 31.1. The van der Waals surface area contributed by atoms with Gasteiger partial charge in [0, 0.05) is 10.6 Å². The SMILES string of the molecule is CC[C@H](C(=O)NCc1nc(-c2ccccc2)no1)N(c1cccc(Cl)c1)S(C)(=O)=O. The number of sulfonamides is 1. The van der Waals surface area contributed by atoms with Crippen molar-refractivity contribution in [2.75, 3.05) is 10.6 Å². The third kappa shape index (κ3) is 5.17. The van der Waals surface area contributed by atoms with E-state index in [1.165, 1.54) is 6.07 Å². The lowest BCUT2D eigenvalue weighted by Gasteiger charge is -2.30. The number of hydrogen-bond acceptors (Lipinski definition) is 6. The van der Waals surface area contributed by atoms with Gasteiger partial charge in [0.1, 0.15) is 6.04 Å². The summed E-state index contributed by atoms with van der Waals surface area (Å²) in [5.41, 5.74) is 1.10. The Morgan fingerprint density at radius 3 is 2.57 bits per heavy atom. The molecule has 1 heterocycles. The Hall–Kier alpha value is -2.91. The Kier molecular flexibility index (Phi) is 6.73. The molecule has 0 saturated carbocycles. The Morgan fingerprint density at radius 1 is 1.20 bits per heavy atom. The molecule has 3 aromatic rings. The van der Waals surface area contributed by atoms with Crippen LogP contribution in [-0.4, -0.2) is 36.8 Å². The average Bonchev–Trinajstić information content (AvgIpc) is 3.19. The maximum absolute atomic E-state index is 12.8. The first kappa shape index (κ1) is 21.8. The standard InChI is InChI=1S/C20H21ClN4O4S/c1-3-17(25(30(2,27)28)16-11-7-10-15(21)12-16)20(26)22-13-18-23-19(24-29-18)14-8-5-4-6-9-14/h4-12,17H,3,13H2,1-2H3,(H,22,26)/t17-/m1/s1. The highest BCUT2D eigenvalue weighted by molar-refractivity contribution is 7.92. The lowest BCUT2D eigenvalue weighted by atomic mass is 10.2. The zero-order chi connectivity index (χ0) is 21.7. The minimum atomic E-state index is -3.74. The molecule has 0 saturated heterocycles. The molecule has 1 aromatic heterocycles. The summed E-state index contributed by atoms with van der Waals surface area (Å²) in [6.07, 6.45) is 1.30. The van der Waals surface area contributed by atoms with E-state index in [9.17, 15) is 13.2 Å². The molecule has 1 N–H and O–H groups in total. The Balaban J connectivity index is 1.76. The molecule has 10 heteroatoms. The van der Waals surface area contributed by atoms with Crippen LogP contribution in [0.15, 0.2) is 59.1 Å². The van der Waals surface area contributed by atoms with Crippen LogP contribution in [-0.2, 0) is 21.4 Å². The number of carbonyl (C=O) groups excluding carboxylic acids is 1. The van der Waals surface area contributed by atoms with Gasteiger partial charge in [-0.25, -0.2) is 8.42 Å². The van der Waals surface area contributed by atoms with Crippen molar-refractivity contribution in [3.05, 3.63) is 65.5 Å². The van der Waals surface area contributed by atoms with Crippen molar-refractivity contribution >= 4 is 33.2 Å². The van der Waals surface area contributed by atoms with Crippen LogP contribution in [0.5, 0.6) is 0 Å². The van der Waals surface area contributed by atoms with Gasteiger partial charge >= 0.3 is 0 Å². The van der Waals surface area contributed by atoms with Crippen LogP contribution in [0.1, 0.15) is 19.2 Å². The first-order valence-corrected chi connectivity index (χ1v) is 11.4. The Morgan fingerprint density at radius 2 is 1.93 bits per heavy atom. The molecular formula is C20H21ClN4O4S. The molecule has 0 spiro atoms. The molecule has 0 fully saturated rings. The number of amides is 1. The molecule has 2 aromatic carbocycles. The molecule has 0 aliphatic rings. The van der Waals surface area contributed by atoms with E-state index in [0.717, 1.165) is 16.1 Å². The molecule has 0 unspecified atom stereocenters. The van der Waals surface area contributed by atoms with Crippen molar-refractivity contribution < 1.29 is 17.7 Å². The van der Waals surface area contributed by atoms with E-state index in [4.69, 9.17) is 16.1 Å². The van der Waals surface area contributed by atoms with Crippen LogP contribution in [0.4, 0.5) is 5.69 Å². The van der Waals surface area contributed by atoms with E-state index < -0.39 is 22.0 Å². The molecule has 1 amide bonds. The van der Waals surface area contributed by atoms with Crippen LogP contribution >= 0.6 is 11.6 Å². The second-order valence-corrected chi connectivity index (χ2v) is 8.85. The fourth-order valence-electron chi connectivity index (χ4n) is 2.99. The molecule has 0 aliphatic heterocycles. The van der Waals surface area contributed by atoms with E-state index in [0.29, 0.717) is 16.5 Å². The van der Waals surface area contributed by atoms with Crippen LogP contribution in [0.25, 0.3) is 11.4 Å². The van der Waals surface area contributed by atoms with E-state index in [-0.39, 0.29) is 18.9 Å². The molecule has 8 nitrogen and oxygen atoms in total. The van der Waals surface area contributed by atoms with Gasteiger partial charge in [-0.05, 0) is 24.6 Å². The number of benzene rings is 2. The predicted molar refractivity (Wildman–Crippen MR) is 114 cm³/mol. The van der Waals surface area contributed by atoms with Crippen LogP contribution in [0.2, 0.25) is 5.02 Å². The number of carbonyl (C=O) groups is 1. The van der Waals surface area contributed by atoms with Gasteiger partial charge < -0.3 is 9.84 Å². The summed E-state index contributed by atoms with van der Waals surface area (Å²) in [4.78, 5) is 17.1. The third-order valence-electron chi connectivity index (χ3n) is 4.31. The summed E-state index contributed by atoms with van der Waals surface area (Å²) in [5.74, 6) is 0.136. The largest absolute Gasteiger partial charge is 0.345 e. The number of nitrogens with zero attached hydrogens (tertiary/aromatic N) is 3. The van der Waals surface area contributed by atoms with Gasteiger partial charge in [-0.15, -0.1) is 0 Å². The highest BCUT2D eigenvalue weighted by Gasteiger charge is 2.31. The molecule has 0 aliphatic carbocycles. The molecule has 1 atom stereocenters.